The SMILES string of the molecule is CC(=O)N1CCC(Cc2cc(C(=O)NC[C@H](O)CN3CCc4sc(C)c(C)c4C3)ccn2)CC1. The van der Waals surface area contributed by atoms with E-state index in [2.05, 4.69) is 29.0 Å². The maximum absolute atomic E-state index is 12.7. The number of aliphatic hydroxyl groups excluding tert-OH is 1. The maximum atomic E-state index is 12.7. The Morgan fingerprint density at radius 3 is 2.76 bits per heavy atom. The van der Waals surface area contributed by atoms with E-state index in [0.717, 1.165) is 57.6 Å². The van der Waals surface area contributed by atoms with Crippen molar-refractivity contribution in [3.63, 3.8) is 0 Å². The fourth-order valence-corrected chi connectivity index (χ4v) is 6.21. The van der Waals surface area contributed by atoms with E-state index in [4.69, 9.17) is 0 Å². The lowest BCUT2D eigenvalue weighted by atomic mass is 9.91. The van der Waals surface area contributed by atoms with Gasteiger partial charge in [-0.05, 0) is 68.7 Å². The van der Waals surface area contributed by atoms with Crippen molar-refractivity contribution in [2.24, 2.45) is 5.92 Å². The molecule has 4 heterocycles. The molecule has 34 heavy (non-hydrogen) atoms. The average molecular weight is 485 g/mol. The van der Waals surface area contributed by atoms with Crippen LogP contribution in [0.3, 0.4) is 0 Å². The van der Waals surface area contributed by atoms with E-state index >= 15 is 0 Å². The number of hydrogen-bond donors (Lipinski definition) is 2. The number of aryl methyl sites for hydroxylation is 1. The third kappa shape index (κ3) is 6.03. The highest BCUT2D eigenvalue weighted by atomic mass is 32.1. The van der Waals surface area contributed by atoms with Crippen LogP contribution in [0.25, 0.3) is 0 Å². The summed E-state index contributed by atoms with van der Waals surface area (Å²) < 4.78 is 0. The maximum Gasteiger partial charge on any atom is 0.251 e. The number of β-amino-alcohol motifs (C(OH)–C–C–N with tert-alkyl or cyclic N) is 1. The number of hydrogen-bond acceptors (Lipinski definition) is 6. The first kappa shape index (κ1) is 24.8. The number of nitrogens with zero attached hydrogens (tertiary/aromatic N) is 3. The zero-order chi connectivity index (χ0) is 24.2. The van der Waals surface area contributed by atoms with Gasteiger partial charge in [-0.25, -0.2) is 0 Å². The molecule has 0 aromatic carbocycles. The Hall–Kier alpha value is -2.29. The minimum atomic E-state index is -0.613. The van der Waals surface area contributed by atoms with Crippen molar-refractivity contribution in [3.8, 4) is 0 Å². The summed E-state index contributed by atoms with van der Waals surface area (Å²) in [6.45, 7) is 10.2. The van der Waals surface area contributed by atoms with E-state index in [-0.39, 0.29) is 18.4 Å². The summed E-state index contributed by atoms with van der Waals surface area (Å²) >= 11 is 1.90. The van der Waals surface area contributed by atoms with Gasteiger partial charge in [-0.1, -0.05) is 0 Å². The largest absolute Gasteiger partial charge is 0.390 e. The standard InChI is InChI=1S/C26H36N4O3S/c1-17-18(2)34-25-7-9-29(16-24(17)25)15-23(32)14-28-26(33)21-4-8-27-22(13-21)12-20-5-10-30(11-6-20)19(3)31/h4,8,13,20,23,32H,5-7,9-12,14-16H2,1-3H3,(H,28,33)/t23-/m0/s1. The molecule has 2 aromatic heterocycles. The van der Waals surface area contributed by atoms with Crippen LogP contribution in [0.1, 0.15) is 56.7 Å². The summed E-state index contributed by atoms with van der Waals surface area (Å²) in [5.74, 6) is 0.433. The summed E-state index contributed by atoms with van der Waals surface area (Å²) in [6, 6.07) is 3.57. The molecule has 1 saturated heterocycles. The van der Waals surface area contributed by atoms with E-state index in [1.807, 2.05) is 22.3 Å². The molecular weight excluding hydrogens is 448 g/mol. The minimum Gasteiger partial charge on any atom is -0.390 e. The molecule has 2 amide bonds. The number of likely N-dealkylation sites (tertiary alicyclic amines) is 1. The number of aliphatic hydroxyl groups is 1. The van der Waals surface area contributed by atoms with Crippen LogP contribution in [0, 0.1) is 19.8 Å². The van der Waals surface area contributed by atoms with Crippen LogP contribution >= 0.6 is 11.3 Å². The van der Waals surface area contributed by atoms with Crippen LogP contribution < -0.4 is 5.32 Å². The van der Waals surface area contributed by atoms with E-state index in [1.54, 1.807) is 19.2 Å². The van der Waals surface area contributed by atoms with Gasteiger partial charge in [0.2, 0.25) is 5.91 Å². The molecule has 2 aliphatic heterocycles. The van der Waals surface area contributed by atoms with Crippen LogP contribution in [-0.2, 0) is 24.2 Å². The number of thiophene rings is 1. The molecule has 0 bridgehead atoms. The first-order chi connectivity index (χ1) is 16.3. The van der Waals surface area contributed by atoms with Crippen LogP contribution in [0.5, 0.6) is 0 Å². The van der Waals surface area contributed by atoms with Gasteiger partial charge < -0.3 is 15.3 Å². The lowest BCUT2D eigenvalue weighted by Crippen LogP contribution is -2.41. The first-order valence-electron chi connectivity index (χ1n) is 12.3. The Bertz CT molecular complexity index is 1030. The van der Waals surface area contributed by atoms with Gasteiger partial charge in [-0.15, -0.1) is 11.3 Å². The Morgan fingerprint density at radius 1 is 1.26 bits per heavy atom. The molecule has 7 nitrogen and oxygen atoms in total. The van der Waals surface area contributed by atoms with E-state index in [0.29, 0.717) is 18.0 Å². The summed E-state index contributed by atoms with van der Waals surface area (Å²) in [7, 11) is 0. The summed E-state index contributed by atoms with van der Waals surface area (Å²) in [5.41, 5.74) is 4.28. The monoisotopic (exact) mass is 484 g/mol. The molecule has 0 spiro atoms. The zero-order valence-electron chi connectivity index (χ0n) is 20.5. The van der Waals surface area contributed by atoms with Crippen molar-refractivity contribution in [1.29, 1.82) is 0 Å². The van der Waals surface area contributed by atoms with Gasteiger partial charge in [-0.2, -0.15) is 0 Å². The highest BCUT2D eigenvalue weighted by Gasteiger charge is 2.24. The van der Waals surface area contributed by atoms with E-state index in [9.17, 15) is 14.7 Å². The van der Waals surface area contributed by atoms with Gasteiger partial charge in [0.15, 0.2) is 0 Å². The second kappa shape index (κ2) is 11.0. The number of pyridine rings is 1. The third-order valence-corrected chi connectivity index (χ3v) is 8.54. The molecule has 184 valence electrons. The third-order valence-electron chi connectivity index (χ3n) is 7.23. The van der Waals surface area contributed by atoms with Crippen molar-refractivity contribution in [1.82, 2.24) is 20.1 Å². The Balaban J connectivity index is 1.24. The Morgan fingerprint density at radius 2 is 2.03 bits per heavy atom. The van der Waals surface area contributed by atoms with Crippen molar-refractivity contribution in [2.45, 2.75) is 59.1 Å². The molecule has 2 aliphatic rings. The quantitative estimate of drug-likeness (QED) is 0.631. The van der Waals surface area contributed by atoms with Gasteiger partial charge in [0, 0.05) is 73.4 Å². The predicted octanol–water partition coefficient (Wildman–Crippen LogP) is 2.71. The number of amides is 2. The molecule has 4 rings (SSSR count). The second-order valence-electron chi connectivity index (χ2n) is 9.72. The number of piperidine rings is 1. The van der Waals surface area contributed by atoms with Crippen LogP contribution in [0.2, 0.25) is 0 Å². The number of rotatable bonds is 7. The van der Waals surface area contributed by atoms with Crippen LogP contribution in [0.15, 0.2) is 18.3 Å². The molecule has 0 radical (unpaired) electrons. The molecule has 0 saturated carbocycles. The van der Waals surface area contributed by atoms with E-state index < -0.39 is 6.10 Å². The van der Waals surface area contributed by atoms with Crippen LogP contribution in [0.4, 0.5) is 0 Å². The number of nitrogens with one attached hydrogen (secondary N) is 1. The summed E-state index contributed by atoms with van der Waals surface area (Å²) in [5, 5.41) is 13.4. The molecule has 0 aliphatic carbocycles. The first-order valence-corrected chi connectivity index (χ1v) is 13.1. The molecular formula is C26H36N4O3S. The van der Waals surface area contributed by atoms with Crippen molar-refractivity contribution in [3.05, 3.63) is 50.5 Å². The van der Waals surface area contributed by atoms with Gasteiger partial charge in [0.1, 0.15) is 0 Å². The molecule has 1 fully saturated rings. The lowest BCUT2D eigenvalue weighted by Gasteiger charge is -2.31. The topological polar surface area (TPSA) is 85.8 Å². The fraction of sp³-hybridized carbons (Fsp3) is 0.577. The highest BCUT2D eigenvalue weighted by Crippen LogP contribution is 2.32. The highest BCUT2D eigenvalue weighted by molar-refractivity contribution is 7.12. The number of aromatic nitrogens is 1. The fourth-order valence-electron chi connectivity index (χ4n) is 5.03. The average Bonchev–Trinajstić information content (AvgIpc) is 3.11. The molecule has 2 aromatic rings. The van der Waals surface area contributed by atoms with Gasteiger partial charge in [-0.3, -0.25) is 19.5 Å². The second-order valence-corrected chi connectivity index (χ2v) is 11.0. The lowest BCUT2D eigenvalue weighted by molar-refractivity contribution is -0.130. The number of carbonyl (C=O) groups is 2. The predicted molar refractivity (Wildman–Crippen MR) is 134 cm³/mol. The normalized spacial score (nSPS) is 17.9. The van der Waals surface area contributed by atoms with Crippen molar-refractivity contribution < 1.29 is 14.7 Å². The molecule has 0 unspecified atom stereocenters. The zero-order valence-corrected chi connectivity index (χ0v) is 21.3. The van der Waals surface area contributed by atoms with Crippen LogP contribution in [-0.4, -0.2) is 70.5 Å². The minimum absolute atomic E-state index is 0.138. The van der Waals surface area contributed by atoms with Crippen molar-refractivity contribution >= 4 is 23.2 Å². The van der Waals surface area contributed by atoms with Gasteiger partial charge >= 0.3 is 0 Å². The smallest absolute Gasteiger partial charge is 0.251 e. The van der Waals surface area contributed by atoms with Gasteiger partial charge in [0.05, 0.1) is 6.10 Å². The van der Waals surface area contributed by atoms with E-state index in [1.165, 1.54) is 20.9 Å². The molecule has 1 atom stereocenters. The molecule has 8 heteroatoms. The molecule has 2 N–H and O–H groups in total. The number of carbonyl (C=O) groups excluding carboxylic acids is 2. The summed E-state index contributed by atoms with van der Waals surface area (Å²) in [4.78, 5) is 35.7. The van der Waals surface area contributed by atoms with Crippen molar-refractivity contribution in [2.75, 3.05) is 32.7 Å². The summed E-state index contributed by atoms with van der Waals surface area (Å²) in [6.07, 6.45) is 4.84. The Labute approximate surface area is 206 Å². The number of fused-ring (bicyclic) bond motifs is 1. The Kier molecular flexibility index (Phi) is 8.01. The van der Waals surface area contributed by atoms with Gasteiger partial charge in [0.25, 0.3) is 5.91 Å².